The van der Waals surface area contributed by atoms with E-state index in [1.54, 1.807) is 18.3 Å². The van der Waals surface area contributed by atoms with E-state index < -0.39 is 5.97 Å². The minimum atomic E-state index is -0.734. The second-order valence-electron chi connectivity index (χ2n) is 3.01. The fraction of sp³-hybridized carbons (Fsp3) is 0.444. The summed E-state index contributed by atoms with van der Waals surface area (Å²) in [5.41, 5.74) is 0. The number of hydrogen-bond acceptors (Lipinski definition) is 2. The summed E-state index contributed by atoms with van der Waals surface area (Å²) < 4.78 is 0. The van der Waals surface area contributed by atoms with Gasteiger partial charge in [-0.25, -0.2) is 0 Å². The van der Waals surface area contributed by atoms with E-state index in [1.165, 1.54) is 0 Å². The van der Waals surface area contributed by atoms with Crippen molar-refractivity contribution in [3.05, 3.63) is 21.3 Å². The Kier molecular flexibility index (Phi) is 3.75. The summed E-state index contributed by atoms with van der Waals surface area (Å²) in [7, 11) is 0. The highest BCUT2D eigenvalue weighted by Gasteiger charge is 2.10. The second-order valence-corrected chi connectivity index (χ2v) is 4.44. The van der Waals surface area contributed by atoms with Crippen LogP contribution in [0, 0.1) is 5.92 Å². The third-order valence-electron chi connectivity index (χ3n) is 1.87. The van der Waals surface area contributed by atoms with Gasteiger partial charge in [0.15, 0.2) is 0 Å². The number of carboxylic acids is 1. The smallest absolute Gasteiger partial charge is 0.306 e. The summed E-state index contributed by atoms with van der Waals surface area (Å²) in [6.07, 6.45) is 1.47. The molecule has 0 saturated carbocycles. The van der Waals surface area contributed by atoms with Crippen LogP contribution in [-0.2, 0) is 11.2 Å². The van der Waals surface area contributed by atoms with Gasteiger partial charge in [-0.15, -0.1) is 11.3 Å². The molecule has 0 aliphatic carbocycles. The highest BCUT2D eigenvalue weighted by Crippen LogP contribution is 2.21. The van der Waals surface area contributed by atoms with Gasteiger partial charge in [0.25, 0.3) is 0 Å². The lowest BCUT2D eigenvalue weighted by atomic mass is 10.1. The lowest BCUT2D eigenvalue weighted by molar-refractivity contribution is -0.141. The molecule has 72 valence electrons. The predicted octanol–water partition coefficient (Wildman–Crippen LogP) is 3.05. The number of rotatable bonds is 4. The molecular formula is C9H11ClO2S. The normalized spacial score (nSPS) is 12.8. The molecule has 0 saturated heterocycles. The van der Waals surface area contributed by atoms with Crippen LogP contribution in [0.15, 0.2) is 11.4 Å². The largest absolute Gasteiger partial charge is 0.481 e. The molecule has 1 unspecified atom stereocenters. The zero-order valence-corrected chi connectivity index (χ0v) is 8.86. The Bertz CT molecular complexity index is 296. The van der Waals surface area contributed by atoms with Crippen molar-refractivity contribution in [2.45, 2.75) is 19.8 Å². The molecule has 0 amide bonds. The first-order valence-corrected chi connectivity index (χ1v) is 5.31. The summed E-state index contributed by atoms with van der Waals surface area (Å²) in [5.74, 6) is -1.01. The van der Waals surface area contributed by atoms with E-state index in [4.69, 9.17) is 16.7 Å². The predicted molar refractivity (Wildman–Crippen MR) is 54.4 cm³/mol. The zero-order valence-electron chi connectivity index (χ0n) is 7.29. The molecule has 2 nitrogen and oxygen atoms in total. The highest BCUT2D eigenvalue weighted by molar-refractivity contribution is 7.10. The van der Waals surface area contributed by atoms with Gasteiger partial charge in [0.1, 0.15) is 0 Å². The Hall–Kier alpha value is -0.540. The van der Waals surface area contributed by atoms with E-state index >= 15 is 0 Å². The van der Waals surface area contributed by atoms with Gasteiger partial charge in [-0.05, 0) is 18.9 Å². The first-order chi connectivity index (χ1) is 6.09. The van der Waals surface area contributed by atoms with Crippen molar-refractivity contribution in [3.63, 3.8) is 0 Å². The van der Waals surface area contributed by atoms with Crippen molar-refractivity contribution in [1.29, 1.82) is 0 Å². The maximum absolute atomic E-state index is 10.5. The molecule has 0 aromatic carbocycles. The van der Waals surface area contributed by atoms with E-state index in [-0.39, 0.29) is 5.92 Å². The van der Waals surface area contributed by atoms with E-state index in [0.717, 1.165) is 16.3 Å². The van der Waals surface area contributed by atoms with Crippen LogP contribution >= 0.6 is 22.9 Å². The first kappa shape index (κ1) is 10.5. The number of carbonyl (C=O) groups is 1. The average molecular weight is 219 g/mol. The van der Waals surface area contributed by atoms with Crippen LogP contribution in [0.5, 0.6) is 0 Å². The maximum atomic E-state index is 10.5. The SMILES string of the molecule is CC(CCc1cc(Cl)cs1)C(=O)O. The Labute approximate surface area is 86.2 Å². The van der Waals surface area contributed by atoms with Gasteiger partial charge >= 0.3 is 5.97 Å². The molecule has 0 aliphatic rings. The first-order valence-electron chi connectivity index (χ1n) is 4.05. The van der Waals surface area contributed by atoms with Crippen LogP contribution in [0.3, 0.4) is 0 Å². The minimum Gasteiger partial charge on any atom is -0.481 e. The van der Waals surface area contributed by atoms with E-state index in [9.17, 15) is 4.79 Å². The van der Waals surface area contributed by atoms with Crippen LogP contribution in [0.4, 0.5) is 0 Å². The summed E-state index contributed by atoms with van der Waals surface area (Å²) in [6.45, 7) is 1.72. The topological polar surface area (TPSA) is 37.3 Å². The molecule has 1 aromatic heterocycles. The van der Waals surface area contributed by atoms with Crippen molar-refractivity contribution in [1.82, 2.24) is 0 Å². The lowest BCUT2D eigenvalue weighted by Gasteiger charge is -2.03. The summed E-state index contributed by atoms with van der Waals surface area (Å²) in [6, 6.07) is 1.89. The van der Waals surface area contributed by atoms with Gasteiger partial charge in [0, 0.05) is 10.3 Å². The fourth-order valence-electron chi connectivity index (χ4n) is 0.967. The fourth-order valence-corrected chi connectivity index (χ4v) is 2.06. The van der Waals surface area contributed by atoms with Crippen LogP contribution < -0.4 is 0 Å². The number of hydrogen-bond donors (Lipinski definition) is 1. The molecule has 1 N–H and O–H groups in total. The summed E-state index contributed by atoms with van der Waals surface area (Å²) in [5, 5.41) is 11.2. The molecule has 1 rings (SSSR count). The van der Waals surface area contributed by atoms with Crippen molar-refractivity contribution >= 4 is 28.9 Å². The van der Waals surface area contributed by atoms with Gasteiger partial charge in [0.2, 0.25) is 0 Å². The molecule has 0 radical (unpaired) electrons. The molecule has 1 heterocycles. The van der Waals surface area contributed by atoms with Crippen molar-refractivity contribution < 1.29 is 9.90 Å². The molecule has 1 aromatic rings. The molecule has 0 fully saturated rings. The second kappa shape index (κ2) is 4.63. The van der Waals surface area contributed by atoms with Crippen molar-refractivity contribution in [2.75, 3.05) is 0 Å². The Morgan fingerprint density at radius 2 is 2.46 bits per heavy atom. The van der Waals surface area contributed by atoms with Crippen LogP contribution in [0.2, 0.25) is 5.02 Å². The molecule has 13 heavy (non-hydrogen) atoms. The molecule has 0 aliphatic heterocycles. The molecule has 0 bridgehead atoms. The van der Waals surface area contributed by atoms with E-state index in [1.807, 2.05) is 11.4 Å². The van der Waals surface area contributed by atoms with Gasteiger partial charge in [-0.3, -0.25) is 4.79 Å². The number of aliphatic carboxylic acids is 1. The number of halogens is 1. The molecule has 1 atom stereocenters. The lowest BCUT2D eigenvalue weighted by Crippen LogP contribution is -2.09. The quantitative estimate of drug-likeness (QED) is 0.844. The Morgan fingerprint density at radius 1 is 1.77 bits per heavy atom. The monoisotopic (exact) mass is 218 g/mol. The number of carboxylic acid groups (broad SMARTS) is 1. The molecular weight excluding hydrogens is 208 g/mol. The maximum Gasteiger partial charge on any atom is 0.306 e. The number of aryl methyl sites for hydroxylation is 1. The van der Waals surface area contributed by atoms with Crippen molar-refractivity contribution in [2.24, 2.45) is 5.92 Å². The van der Waals surface area contributed by atoms with E-state index in [0.29, 0.717) is 6.42 Å². The Balaban J connectivity index is 2.39. The van der Waals surface area contributed by atoms with Gasteiger partial charge in [-0.1, -0.05) is 18.5 Å². The standard InChI is InChI=1S/C9H11ClO2S/c1-6(9(11)12)2-3-8-4-7(10)5-13-8/h4-6H,2-3H2,1H3,(H,11,12). The molecule has 4 heteroatoms. The van der Waals surface area contributed by atoms with Gasteiger partial charge in [0.05, 0.1) is 10.9 Å². The van der Waals surface area contributed by atoms with Gasteiger partial charge in [-0.2, -0.15) is 0 Å². The number of thiophene rings is 1. The summed E-state index contributed by atoms with van der Waals surface area (Å²) >= 11 is 7.31. The zero-order chi connectivity index (χ0) is 9.84. The highest BCUT2D eigenvalue weighted by atomic mass is 35.5. The Morgan fingerprint density at radius 3 is 2.92 bits per heavy atom. The average Bonchev–Trinajstić information content (AvgIpc) is 2.47. The van der Waals surface area contributed by atoms with Crippen LogP contribution in [-0.4, -0.2) is 11.1 Å². The summed E-state index contributed by atoms with van der Waals surface area (Å²) in [4.78, 5) is 11.7. The van der Waals surface area contributed by atoms with Crippen molar-refractivity contribution in [3.8, 4) is 0 Å². The van der Waals surface area contributed by atoms with Gasteiger partial charge < -0.3 is 5.11 Å². The molecule has 0 spiro atoms. The van der Waals surface area contributed by atoms with E-state index in [2.05, 4.69) is 0 Å². The third kappa shape index (κ3) is 3.36. The minimum absolute atomic E-state index is 0.277. The van der Waals surface area contributed by atoms with Crippen LogP contribution in [0.1, 0.15) is 18.2 Å². The third-order valence-corrected chi connectivity index (χ3v) is 3.21. The van der Waals surface area contributed by atoms with Crippen LogP contribution in [0.25, 0.3) is 0 Å².